The van der Waals surface area contributed by atoms with Crippen LogP contribution < -0.4 is 5.73 Å². The van der Waals surface area contributed by atoms with Gasteiger partial charge in [-0.2, -0.15) is 0 Å². The van der Waals surface area contributed by atoms with Gasteiger partial charge in [0.25, 0.3) is 0 Å². The molecule has 15 heavy (non-hydrogen) atoms. The summed E-state index contributed by atoms with van der Waals surface area (Å²) in [4.78, 5) is 15.8. The van der Waals surface area contributed by atoms with E-state index in [4.69, 9.17) is 10.5 Å². The molecule has 0 radical (unpaired) electrons. The summed E-state index contributed by atoms with van der Waals surface area (Å²) in [6.07, 6.45) is 3.75. The number of carbonyl (C=O) groups is 1. The molecule has 82 valence electrons. The number of aromatic nitrogens is 1. The average Bonchev–Trinajstić information content (AvgIpc) is 2.25. The molecule has 0 saturated carbocycles. The predicted molar refractivity (Wildman–Crippen MR) is 57.8 cm³/mol. The second-order valence-electron chi connectivity index (χ2n) is 3.44. The number of Topliss-reactive ketones (excluding diaryl/α,β-unsaturated/α-hetero) is 1. The van der Waals surface area contributed by atoms with Crippen LogP contribution in [0.5, 0.6) is 0 Å². The molecule has 4 heteroatoms. The maximum Gasteiger partial charge on any atom is 0.181 e. The molecule has 1 rings (SSSR count). The Labute approximate surface area is 89.5 Å². The number of carbonyl (C=O) groups excluding carboxylic acids is 1. The van der Waals surface area contributed by atoms with E-state index in [0.717, 1.165) is 5.56 Å². The van der Waals surface area contributed by atoms with Gasteiger partial charge >= 0.3 is 0 Å². The molecule has 0 aliphatic heterocycles. The molecular weight excluding hydrogens is 192 g/mol. The third-order valence-electron chi connectivity index (χ3n) is 2.27. The molecule has 1 heterocycles. The molecule has 1 atom stereocenters. The number of aryl methyl sites for hydroxylation is 1. The van der Waals surface area contributed by atoms with E-state index in [-0.39, 0.29) is 5.78 Å². The molecular formula is C11H16N2O2. The Morgan fingerprint density at radius 3 is 3.00 bits per heavy atom. The lowest BCUT2D eigenvalue weighted by Gasteiger charge is -2.11. The molecule has 0 bridgehead atoms. The van der Waals surface area contributed by atoms with Crippen LogP contribution in [0.1, 0.15) is 22.3 Å². The van der Waals surface area contributed by atoms with Crippen molar-refractivity contribution in [1.29, 1.82) is 0 Å². The minimum Gasteiger partial charge on any atom is -0.385 e. The van der Waals surface area contributed by atoms with Crippen LogP contribution in [0.3, 0.4) is 0 Å². The molecule has 1 aromatic heterocycles. The molecule has 2 N–H and O–H groups in total. The van der Waals surface area contributed by atoms with Gasteiger partial charge in [0.1, 0.15) is 0 Å². The number of methoxy groups -OCH3 is 1. The molecule has 1 unspecified atom stereocenters. The molecule has 0 saturated heterocycles. The molecule has 0 fully saturated rings. The number of hydrogen-bond donors (Lipinski definition) is 1. The summed E-state index contributed by atoms with van der Waals surface area (Å²) in [7, 11) is 1.59. The van der Waals surface area contributed by atoms with Gasteiger partial charge in [-0.25, -0.2) is 0 Å². The minimum absolute atomic E-state index is 0.0716. The molecule has 0 spiro atoms. The highest BCUT2D eigenvalue weighted by molar-refractivity contribution is 6.00. The highest BCUT2D eigenvalue weighted by Crippen LogP contribution is 2.08. The Balaban J connectivity index is 2.72. The van der Waals surface area contributed by atoms with Gasteiger partial charge in [-0.05, 0) is 25.0 Å². The first-order valence-corrected chi connectivity index (χ1v) is 4.86. The standard InChI is InChI=1S/C11H16N2O2/c1-8-3-5-13-7-9(8)11(14)10(12)4-6-15-2/h3,5,7,10H,4,6,12H2,1-2H3. The maximum absolute atomic E-state index is 11.9. The van der Waals surface area contributed by atoms with Crippen LogP contribution in [-0.4, -0.2) is 30.5 Å². The van der Waals surface area contributed by atoms with E-state index in [1.54, 1.807) is 25.6 Å². The van der Waals surface area contributed by atoms with E-state index < -0.39 is 6.04 Å². The first-order valence-electron chi connectivity index (χ1n) is 4.86. The molecule has 0 aromatic carbocycles. The summed E-state index contributed by atoms with van der Waals surface area (Å²) in [5.41, 5.74) is 7.25. The van der Waals surface area contributed by atoms with Crippen LogP contribution in [0.4, 0.5) is 0 Å². The van der Waals surface area contributed by atoms with Crippen molar-refractivity contribution < 1.29 is 9.53 Å². The summed E-state index contributed by atoms with van der Waals surface area (Å²) >= 11 is 0. The van der Waals surface area contributed by atoms with Crippen LogP contribution in [0.2, 0.25) is 0 Å². The second kappa shape index (κ2) is 5.58. The molecule has 1 aromatic rings. The second-order valence-corrected chi connectivity index (χ2v) is 3.44. The van der Waals surface area contributed by atoms with Crippen molar-refractivity contribution in [2.45, 2.75) is 19.4 Å². The molecule has 0 aliphatic rings. The molecule has 0 amide bonds. The van der Waals surface area contributed by atoms with Gasteiger partial charge in [0.2, 0.25) is 0 Å². The van der Waals surface area contributed by atoms with E-state index in [1.807, 2.05) is 6.92 Å². The average molecular weight is 208 g/mol. The predicted octanol–water partition coefficient (Wildman–Crippen LogP) is 0.937. The third kappa shape index (κ3) is 3.11. The molecule has 0 aliphatic carbocycles. The minimum atomic E-state index is -0.507. The van der Waals surface area contributed by atoms with Crippen LogP contribution in [0, 0.1) is 6.92 Å². The fraction of sp³-hybridized carbons (Fsp3) is 0.455. The zero-order valence-electron chi connectivity index (χ0n) is 9.06. The highest BCUT2D eigenvalue weighted by Gasteiger charge is 2.17. The Morgan fingerprint density at radius 1 is 1.67 bits per heavy atom. The van der Waals surface area contributed by atoms with Gasteiger partial charge in [-0.1, -0.05) is 0 Å². The van der Waals surface area contributed by atoms with Crippen LogP contribution in [-0.2, 0) is 4.74 Å². The van der Waals surface area contributed by atoms with Crippen molar-refractivity contribution in [2.75, 3.05) is 13.7 Å². The fourth-order valence-electron chi connectivity index (χ4n) is 1.30. The monoisotopic (exact) mass is 208 g/mol. The van der Waals surface area contributed by atoms with Gasteiger partial charge in [-0.3, -0.25) is 9.78 Å². The van der Waals surface area contributed by atoms with E-state index in [1.165, 1.54) is 0 Å². The van der Waals surface area contributed by atoms with Crippen molar-refractivity contribution in [1.82, 2.24) is 4.98 Å². The Kier molecular flexibility index (Phi) is 4.39. The quantitative estimate of drug-likeness (QED) is 0.731. The van der Waals surface area contributed by atoms with Gasteiger partial charge in [-0.15, -0.1) is 0 Å². The normalized spacial score (nSPS) is 12.5. The number of nitrogens with two attached hydrogens (primary N) is 1. The van der Waals surface area contributed by atoms with E-state index >= 15 is 0 Å². The topological polar surface area (TPSA) is 65.2 Å². The zero-order valence-corrected chi connectivity index (χ0v) is 9.06. The number of ketones is 1. The Hall–Kier alpha value is -1.26. The van der Waals surface area contributed by atoms with Gasteiger partial charge in [0.15, 0.2) is 5.78 Å². The molecule has 4 nitrogen and oxygen atoms in total. The highest BCUT2D eigenvalue weighted by atomic mass is 16.5. The third-order valence-corrected chi connectivity index (χ3v) is 2.27. The number of hydrogen-bond acceptors (Lipinski definition) is 4. The zero-order chi connectivity index (χ0) is 11.3. The first-order chi connectivity index (χ1) is 7.16. The summed E-state index contributed by atoms with van der Waals surface area (Å²) in [6, 6.07) is 1.30. The van der Waals surface area contributed by atoms with Crippen LogP contribution >= 0.6 is 0 Å². The van der Waals surface area contributed by atoms with Gasteiger partial charge in [0.05, 0.1) is 6.04 Å². The van der Waals surface area contributed by atoms with Crippen molar-refractivity contribution in [2.24, 2.45) is 5.73 Å². The van der Waals surface area contributed by atoms with Crippen LogP contribution in [0.15, 0.2) is 18.5 Å². The lowest BCUT2D eigenvalue weighted by molar-refractivity contribution is 0.0934. The number of pyridine rings is 1. The summed E-state index contributed by atoms with van der Waals surface area (Å²) < 4.78 is 4.88. The first kappa shape index (κ1) is 11.8. The maximum atomic E-state index is 11.9. The number of rotatable bonds is 5. The van der Waals surface area contributed by atoms with Crippen LogP contribution in [0.25, 0.3) is 0 Å². The number of ether oxygens (including phenoxy) is 1. The Morgan fingerprint density at radius 2 is 2.40 bits per heavy atom. The summed E-state index contributed by atoms with van der Waals surface area (Å²) in [5.74, 6) is -0.0716. The fourth-order valence-corrected chi connectivity index (χ4v) is 1.30. The van der Waals surface area contributed by atoms with Gasteiger partial charge < -0.3 is 10.5 Å². The summed E-state index contributed by atoms with van der Waals surface area (Å²) in [6.45, 7) is 2.37. The summed E-state index contributed by atoms with van der Waals surface area (Å²) in [5, 5.41) is 0. The van der Waals surface area contributed by atoms with Gasteiger partial charge in [0, 0.05) is 31.7 Å². The van der Waals surface area contributed by atoms with E-state index in [9.17, 15) is 4.79 Å². The van der Waals surface area contributed by atoms with Crippen molar-refractivity contribution in [3.8, 4) is 0 Å². The number of nitrogens with zero attached hydrogens (tertiary/aromatic N) is 1. The largest absolute Gasteiger partial charge is 0.385 e. The lowest BCUT2D eigenvalue weighted by Crippen LogP contribution is -2.32. The SMILES string of the molecule is COCCC(N)C(=O)c1cnccc1C. The smallest absolute Gasteiger partial charge is 0.181 e. The lowest BCUT2D eigenvalue weighted by atomic mass is 10.0. The van der Waals surface area contributed by atoms with E-state index in [0.29, 0.717) is 18.6 Å². The van der Waals surface area contributed by atoms with Crippen molar-refractivity contribution in [3.05, 3.63) is 29.6 Å². The van der Waals surface area contributed by atoms with E-state index in [2.05, 4.69) is 4.98 Å². The van der Waals surface area contributed by atoms with Crippen molar-refractivity contribution in [3.63, 3.8) is 0 Å². The van der Waals surface area contributed by atoms with Crippen molar-refractivity contribution >= 4 is 5.78 Å². The Bertz CT molecular complexity index is 339.